The van der Waals surface area contributed by atoms with Crippen LogP contribution in [-0.4, -0.2) is 30.9 Å². The smallest absolute Gasteiger partial charge is 0.235 e. The van der Waals surface area contributed by atoms with Gasteiger partial charge in [0.2, 0.25) is 11.8 Å². The molecule has 0 spiro atoms. The maximum atomic E-state index is 14.2. The molecule has 5 fully saturated rings. The Morgan fingerprint density at radius 1 is 0.476 bits per heavy atom. The quantitative estimate of drug-likeness (QED) is 0.236. The summed E-state index contributed by atoms with van der Waals surface area (Å²) in [4.78, 5) is 38.7. The van der Waals surface area contributed by atoms with Gasteiger partial charge in [0.15, 0.2) is 0 Å². The zero-order chi connectivity index (χ0) is 27.4. The van der Waals surface area contributed by atoms with Gasteiger partial charge < -0.3 is 0 Å². The Labute approximate surface area is 244 Å². The summed E-state index contributed by atoms with van der Waals surface area (Å²) in [5.41, 5.74) is 3.97. The fourth-order valence-corrected chi connectivity index (χ4v) is 13.0. The van der Waals surface area contributed by atoms with Crippen LogP contribution in [0, 0.1) is 59.2 Å². The monoisotopic (exact) mass is 556 g/mol. The van der Waals surface area contributed by atoms with Gasteiger partial charge in [-0.05, 0) is 123 Å². The average molecular weight is 557 g/mol. The molecule has 0 saturated heterocycles. The van der Waals surface area contributed by atoms with E-state index in [1.165, 1.54) is 25.7 Å². The van der Waals surface area contributed by atoms with Crippen LogP contribution in [0.15, 0.2) is 48.5 Å². The van der Waals surface area contributed by atoms with Crippen LogP contribution in [0.3, 0.4) is 0 Å². The van der Waals surface area contributed by atoms with Gasteiger partial charge in [0.05, 0.1) is 22.1 Å². The van der Waals surface area contributed by atoms with Gasteiger partial charge in [0.1, 0.15) is 11.6 Å². The molecule has 7 aliphatic rings. The van der Waals surface area contributed by atoms with Crippen LogP contribution in [0.2, 0.25) is 0 Å². The summed E-state index contributed by atoms with van der Waals surface area (Å²) in [6.45, 7) is 0. The Kier molecular flexibility index (Phi) is 4.31. The van der Waals surface area contributed by atoms with E-state index in [-0.39, 0.29) is 11.8 Å². The van der Waals surface area contributed by atoms with Crippen molar-refractivity contribution in [2.24, 2.45) is 59.2 Å². The average Bonchev–Trinajstić information content (AvgIpc) is 3.61. The molecule has 212 valence electrons. The third kappa shape index (κ3) is 2.58. The van der Waals surface area contributed by atoms with Gasteiger partial charge in [-0.25, -0.2) is 9.97 Å². The van der Waals surface area contributed by atoms with Crippen molar-refractivity contribution in [2.45, 2.75) is 63.2 Å². The number of para-hydroxylation sites is 4. The number of carbonyl (C=O) groups is 2. The molecule has 5 saturated carbocycles. The predicted molar refractivity (Wildman–Crippen MR) is 158 cm³/mol. The first-order chi connectivity index (χ1) is 20.7. The van der Waals surface area contributed by atoms with Crippen molar-refractivity contribution in [2.75, 3.05) is 0 Å². The molecule has 2 aliphatic heterocycles. The molecule has 42 heavy (non-hydrogen) atoms. The lowest BCUT2D eigenvalue weighted by atomic mass is 9.38. The lowest BCUT2D eigenvalue weighted by molar-refractivity contribution is -0.166. The molecule has 11 rings (SSSR count). The predicted octanol–water partition coefficient (Wildman–Crippen LogP) is 6.91. The highest BCUT2D eigenvalue weighted by Crippen LogP contribution is 2.70. The van der Waals surface area contributed by atoms with Crippen molar-refractivity contribution < 1.29 is 9.59 Å². The highest BCUT2D eigenvalue weighted by atomic mass is 16.2. The first kappa shape index (κ1) is 23.2. The van der Waals surface area contributed by atoms with Crippen LogP contribution >= 0.6 is 0 Å². The standard InChI is InChI=1S/C36H36N4O2/c41-35-23-15-11-19-20-12-16-24-32-22(34-38-26-6-2-4-8-28(26)40(34)36(24)42)14-10-18(30(20)32)17-9-13-21(31(23)29(17)19)33-37-25-5-1-3-7-27(25)39(33)35/h1-8,17-24,29-32H,9-16H2. The van der Waals surface area contributed by atoms with Gasteiger partial charge >= 0.3 is 0 Å². The van der Waals surface area contributed by atoms with E-state index in [2.05, 4.69) is 24.3 Å². The first-order valence-corrected chi connectivity index (χ1v) is 16.7. The minimum atomic E-state index is 0.143. The van der Waals surface area contributed by atoms with Crippen LogP contribution in [-0.2, 0) is 0 Å². The molecule has 0 radical (unpaired) electrons. The highest BCUT2D eigenvalue weighted by Gasteiger charge is 2.66. The second kappa shape index (κ2) is 7.81. The molecule has 12 unspecified atom stereocenters. The van der Waals surface area contributed by atoms with E-state index in [9.17, 15) is 9.59 Å². The van der Waals surface area contributed by atoms with Crippen LogP contribution in [0.1, 0.15) is 84.4 Å². The SMILES string of the molecule is O=C1C2CCC3C4CCC5C(=O)n6c(nc7ccccc76)C6CCC(C7CCC(c8nc9ccccc9n81)C2C37)C4C56. The van der Waals surface area contributed by atoms with E-state index in [0.29, 0.717) is 71.0 Å². The number of nitrogens with zero attached hydrogens (tertiary/aromatic N) is 4. The number of carbonyl (C=O) groups excluding carboxylic acids is 2. The number of rotatable bonds is 0. The molecule has 2 aromatic carbocycles. The lowest BCUT2D eigenvalue weighted by Gasteiger charge is -2.67. The number of hydrogen-bond donors (Lipinski definition) is 0. The minimum Gasteiger partial charge on any atom is -0.274 e. The van der Waals surface area contributed by atoms with Crippen molar-refractivity contribution >= 4 is 33.9 Å². The van der Waals surface area contributed by atoms with Crippen LogP contribution in [0.25, 0.3) is 22.1 Å². The minimum absolute atomic E-state index is 0.143. The zero-order valence-electron chi connectivity index (χ0n) is 23.8. The Morgan fingerprint density at radius 3 is 1.29 bits per heavy atom. The Bertz CT molecular complexity index is 1710. The number of aromatic nitrogens is 4. The molecular weight excluding hydrogens is 520 g/mol. The number of hydrogen-bond acceptors (Lipinski definition) is 4. The molecule has 6 nitrogen and oxygen atoms in total. The highest BCUT2D eigenvalue weighted by molar-refractivity contribution is 5.95. The van der Waals surface area contributed by atoms with Crippen molar-refractivity contribution in [3.63, 3.8) is 0 Å². The maximum Gasteiger partial charge on any atom is 0.235 e. The van der Waals surface area contributed by atoms with Crippen molar-refractivity contribution in [3.8, 4) is 0 Å². The second-order valence-electron chi connectivity index (χ2n) is 15.0. The van der Waals surface area contributed by atoms with E-state index in [1.54, 1.807) is 0 Å². The zero-order valence-corrected chi connectivity index (χ0v) is 23.8. The van der Waals surface area contributed by atoms with Crippen LogP contribution in [0.4, 0.5) is 0 Å². The van der Waals surface area contributed by atoms with Gasteiger partial charge in [-0.15, -0.1) is 0 Å². The van der Waals surface area contributed by atoms with Crippen LogP contribution in [0.5, 0.6) is 0 Å². The Balaban J connectivity index is 1.02. The second-order valence-corrected chi connectivity index (χ2v) is 15.0. The largest absolute Gasteiger partial charge is 0.274 e. The molecule has 0 N–H and O–H groups in total. The molecule has 4 heterocycles. The Morgan fingerprint density at radius 2 is 0.857 bits per heavy atom. The number of benzene rings is 2. The van der Waals surface area contributed by atoms with Gasteiger partial charge in [-0.3, -0.25) is 18.7 Å². The molecular formula is C36H36N4O2. The summed E-state index contributed by atoms with van der Waals surface area (Å²) >= 11 is 0. The number of imidazole rings is 2. The fourth-order valence-electron chi connectivity index (χ4n) is 13.0. The van der Waals surface area contributed by atoms with E-state index >= 15 is 0 Å². The van der Waals surface area contributed by atoms with Gasteiger partial charge in [0, 0.05) is 23.7 Å². The van der Waals surface area contributed by atoms with E-state index < -0.39 is 0 Å². The van der Waals surface area contributed by atoms with Gasteiger partial charge in [0.25, 0.3) is 0 Å². The van der Waals surface area contributed by atoms with E-state index in [1.807, 2.05) is 33.4 Å². The molecule has 2 aromatic heterocycles. The maximum absolute atomic E-state index is 14.2. The summed E-state index contributed by atoms with van der Waals surface area (Å²) in [7, 11) is 0. The summed E-state index contributed by atoms with van der Waals surface area (Å²) in [6.07, 6.45) is 9.26. The van der Waals surface area contributed by atoms with Crippen molar-refractivity contribution in [3.05, 3.63) is 60.2 Å². The summed E-state index contributed by atoms with van der Waals surface area (Å²) in [6, 6.07) is 16.5. The topological polar surface area (TPSA) is 69.8 Å². The normalized spacial score (nSPS) is 42.6. The molecule has 0 amide bonds. The van der Waals surface area contributed by atoms with E-state index in [0.717, 1.165) is 59.4 Å². The van der Waals surface area contributed by atoms with Crippen molar-refractivity contribution in [1.29, 1.82) is 0 Å². The summed E-state index contributed by atoms with van der Waals surface area (Å²) in [5, 5.41) is 0. The molecule has 12 atom stereocenters. The molecule has 4 aromatic rings. The molecule has 0 bridgehead atoms. The number of fused-ring (bicyclic) bond motifs is 10. The Hall–Kier alpha value is -3.28. The molecule has 5 aliphatic carbocycles. The van der Waals surface area contributed by atoms with Crippen LogP contribution < -0.4 is 0 Å². The fraction of sp³-hybridized carbons (Fsp3) is 0.556. The van der Waals surface area contributed by atoms with E-state index in [4.69, 9.17) is 9.97 Å². The van der Waals surface area contributed by atoms with Gasteiger partial charge in [-0.2, -0.15) is 0 Å². The third-order valence-electron chi connectivity index (χ3n) is 14.0. The van der Waals surface area contributed by atoms with Gasteiger partial charge in [-0.1, -0.05) is 24.3 Å². The summed E-state index contributed by atoms with van der Waals surface area (Å²) < 4.78 is 4.06. The first-order valence-electron chi connectivity index (χ1n) is 16.7. The third-order valence-corrected chi connectivity index (χ3v) is 14.0. The summed E-state index contributed by atoms with van der Waals surface area (Å²) in [5.74, 6) is 8.84. The molecule has 6 heteroatoms. The van der Waals surface area contributed by atoms with Crippen molar-refractivity contribution in [1.82, 2.24) is 19.1 Å². The lowest BCUT2D eigenvalue weighted by Crippen LogP contribution is -2.63.